The topological polar surface area (TPSA) is 70.7 Å². The summed E-state index contributed by atoms with van der Waals surface area (Å²) in [5, 5.41) is 3.87. The highest BCUT2D eigenvalue weighted by atomic mass is 32.2. The molecular formula is C21H35N3O3S. The van der Waals surface area contributed by atoms with Crippen LogP contribution in [-0.4, -0.2) is 65.4 Å². The van der Waals surface area contributed by atoms with Crippen LogP contribution in [0, 0.1) is 0 Å². The maximum atomic E-state index is 11.8. The van der Waals surface area contributed by atoms with E-state index in [4.69, 9.17) is 4.74 Å². The van der Waals surface area contributed by atoms with Crippen molar-refractivity contribution in [1.82, 2.24) is 14.9 Å². The zero-order valence-electron chi connectivity index (χ0n) is 17.4. The van der Waals surface area contributed by atoms with Crippen molar-refractivity contribution in [2.75, 3.05) is 40.0 Å². The van der Waals surface area contributed by atoms with Gasteiger partial charge in [-0.15, -0.1) is 0 Å². The number of likely N-dealkylation sites (tertiary alicyclic amines) is 1. The third kappa shape index (κ3) is 5.69. The van der Waals surface area contributed by atoms with Gasteiger partial charge < -0.3 is 15.0 Å². The smallest absolute Gasteiger partial charge is 0.208 e. The number of hydrogen-bond donors (Lipinski definition) is 2. The molecule has 6 nitrogen and oxygen atoms in total. The number of hydrogen-bond acceptors (Lipinski definition) is 5. The van der Waals surface area contributed by atoms with Crippen LogP contribution in [0.1, 0.15) is 44.1 Å². The van der Waals surface area contributed by atoms with Crippen LogP contribution in [0.25, 0.3) is 0 Å². The number of piperidine rings is 1. The minimum Gasteiger partial charge on any atom is -0.497 e. The van der Waals surface area contributed by atoms with E-state index in [1.807, 2.05) is 12.1 Å². The molecule has 1 aliphatic heterocycles. The first-order chi connectivity index (χ1) is 13.3. The molecule has 1 aliphatic carbocycles. The van der Waals surface area contributed by atoms with Crippen LogP contribution in [0.2, 0.25) is 0 Å². The summed E-state index contributed by atoms with van der Waals surface area (Å²) in [7, 11) is 0.630. The van der Waals surface area contributed by atoms with Gasteiger partial charge in [0.1, 0.15) is 5.75 Å². The molecule has 1 heterocycles. The first kappa shape index (κ1) is 21.6. The lowest BCUT2D eigenvalue weighted by molar-refractivity contribution is 0.191. The van der Waals surface area contributed by atoms with Gasteiger partial charge in [0.25, 0.3) is 0 Å². The summed E-state index contributed by atoms with van der Waals surface area (Å²) >= 11 is 0. The number of nitrogens with zero attached hydrogens (tertiary/aromatic N) is 1. The van der Waals surface area contributed by atoms with E-state index in [2.05, 4.69) is 34.1 Å². The summed E-state index contributed by atoms with van der Waals surface area (Å²) in [5.74, 6) is 0.822. The van der Waals surface area contributed by atoms with Crippen molar-refractivity contribution in [3.8, 4) is 5.75 Å². The third-order valence-electron chi connectivity index (χ3n) is 6.49. The molecule has 1 aromatic carbocycles. The first-order valence-electron chi connectivity index (χ1n) is 10.3. The molecule has 0 atom stereocenters. The molecule has 0 radical (unpaired) electrons. The van der Waals surface area contributed by atoms with Crippen molar-refractivity contribution in [3.63, 3.8) is 0 Å². The molecule has 1 aromatic rings. The van der Waals surface area contributed by atoms with Gasteiger partial charge in [-0.3, -0.25) is 0 Å². The maximum absolute atomic E-state index is 11.8. The SMILES string of the molecule is COc1cccc(C2(CNS(C)(=O)=O)CCC(NC3CCN(C)CC3)CC2)c1. The highest BCUT2D eigenvalue weighted by molar-refractivity contribution is 7.88. The van der Waals surface area contributed by atoms with Gasteiger partial charge in [0.05, 0.1) is 13.4 Å². The van der Waals surface area contributed by atoms with Crippen LogP contribution in [0.15, 0.2) is 24.3 Å². The van der Waals surface area contributed by atoms with E-state index in [0.717, 1.165) is 44.5 Å². The molecule has 0 amide bonds. The Kier molecular flexibility index (Phi) is 7.02. The molecule has 0 spiro atoms. The molecule has 28 heavy (non-hydrogen) atoms. The molecule has 1 saturated heterocycles. The Bertz CT molecular complexity index is 737. The van der Waals surface area contributed by atoms with Crippen LogP contribution in [0.3, 0.4) is 0 Å². The monoisotopic (exact) mass is 409 g/mol. The van der Waals surface area contributed by atoms with Gasteiger partial charge in [0.15, 0.2) is 0 Å². The molecule has 2 fully saturated rings. The molecule has 158 valence electrons. The van der Waals surface area contributed by atoms with Gasteiger partial charge in [0, 0.05) is 24.0 Å². The number of methoxy groups -OCH3 is 1. The van der Waals surface area contributed by atoms with Crippen molar-refractivity contribution in [2.45, 2.75) is 56.0 Å². The Morgan fingerprint density at radius 1 is 1.14 bits per heavy atom. The molecule has 0 bridgehead atoms. The second kappa shape index (κ2) is 9.11. The average molecular weight is 410 g/mol. The van der Waals surface area contributed by atoms with Gasteiger partial charge in [-0.1, -0.05) is 12.1 Å². The molecule has 3 rings (SSSR count). The molecule has 0 unspecified atom stereocenters. The summed E-state index contributed by atoms with van der Waals surface area (Å²) in [6, 6.07) is 9.24. The molecular weight excluding hydrogens is 374 g/mol. The standard InChI is InChI=1S/C21H35N3O3S/c1-24-13-9-19(10-14-24)23-18-7-11-21(12-8-18,16-22-28(3,25)26)17-5-4-6-20(15-17)27-2/h4-6,15,18-19,22-23H,7-14,16H2,1-3H3. The number of sulfonamides is 1. The lowest BCUT2D eigenvalue weighted by Crippen LogP contribution is -2.50. The maximum Gasteiger partial charge on any atom is 0.208 e. The van der Waals surface area contributed by atoms with Crippen molar-refractivity contribution in [3.05, 3.63) is 29.8 Å². The third-order valence-corrected chi connectivity index (χ3v) is 7.16. The Hall–Kier alpha value is -1.15. The molecule has 1 saturated carbocycles. The minimum atomic E-state index is -3.23. The highest BCUT2D eigenvalue weighted by Gasteiger charge is 2.38. The molecule has 2 N–H and O–H groups in total. The predicted molar refractivity (Wildman–Crippen MR) is 113 cm³/mol. The molecule has 2 aliphatic rings. The Morgan fingerprint density at radius 3 is 2.39 bits per heavy atom. The summed E-state index contributed by atoms with van der Waals surface area (Å²) in [4.78, 5) is 2.39. The lowest BCUT2D eigenvalue weighted by Gasteiger charge is -2.42. The fourth-order valence-electron chi connectivity index (χ4n) is 4.64. The van der Waals surface area contributed by atoms with E-state index in [-0.39, 0.29) is 5.41 Å². The van der Waals surface area contributed by atoms with E-state index in [0.29, 0.717) is 18.6 Å². The fraction of sp³-hybridized carbons (Fsp3) is 0.714. The fourth-order valence-corrected chi connectivity index (χ4v) is 5.17. The van der Waals surface area contributed by atoms with Crippen LogP contribution in [0.5, 0.6) is 5.75 Å². The van der Waals surface area contributed by atoms with Crippen molar-refractivity contribution in [1.29, 1.82) is 0 Å². The van der Waals surface area contributed by atoms with E-state index in [1.54, 1.807) is 7.11 Å². The van der Waals surface area contributed by atoms with Crippen LogP contribution < -0.4 is 14.8 Å². The highest BCUT2D eigenvalue weighted by Crippen LogP contribution is 2.40. The van der Waals surface area contributed by atoms with Gasteiger partial charge in [-0.25, -0.2) is 13.1 Å². The number of nitrogens with one attached hydrogen (secondary N) is 2. The summed E-state index contributed by atoms with van der Waals surface area (Å²) < 4.78 is 31.7. The lowest BCUT2D eigenvalue weighted by atomic mass is 9.68. The van der Waals surface area contributed by atoms with E-state index in [1.165, 1.54) is 24.7 Å². The normalized spacial score (nSPS) is 27.6. The van der Waals surface area contributed by atoms with Crippen molar-refractivity contribution in [2.24, 2.45) is 0 Å². The second-order valence-corrected chi connectivity index (χ2v) is 10.5. The molecule has 7 heteroatoms. The van der Waals surface area contributed by atoms with Crippen LogP contribution in [0.4, 0.5) is 0 Å². The van der Waals surface area contributed by atoms with E-state index < -0.39 is 10.0 Å². The van der Waals surface area contributed by atoms with Gasteiger partial charge >= 0.3 is 0 Å². The average Bonchev–Trinajstić information content (AvgIpc) is 2.69. The van der Waals surface area contributed by atoms with Crippen molar-refractivity contribution < 1.29 is 13.2 Å². The van der Waals surface area contributed by atoms with Crippen molar-refractivity contribution >= 4 is 10.0 Å². The second-order valence-electron chi connectivity index (χ2n) is 8.62. The van der Waals surface area contributed by atoms with E-state index in [9.17, 15) is 8.42 Å². The summed E-state index contributed by atoms with van der Waals surface area (Å²) in [6.07, 6.45) is 7.72. The Morgan fingerprint density at radius 2 is 1.79 bits per heavy atom. The number of rotatable bonds is 7. The Balaban J connectivity index is 1.69. The predicted octanol–water partition coefficient (Wildman–Crippen LogP) is 2.11. The van der Waals surface area contributed by atoms with Crippen LogP contribution in [-0.2, 0) is 15.4 Å². The summed E-state index contributed by atoms with van der Waals surface area (Å²) in [5.41, 5.74) is 0.989. The van der Waals surface area contributed by atoms with E-state index >= 15 is 0 Å². The summed E-state index contributed by atoms with van der Waals surface area (Å²) in [6.45, 7) is 2.77. The zero-order chi connectivity index (χ0) is 20.2. The quantitative estimate of drug-likeness (QED) is 0.722. The Labute approximate surface area is 170 Å². The zero-order valence-corrected chi connectivity index (χ0v) is 18.2. The van der Waals surface area contributed by atoms with Gasteiger partial charge in [-0.05, 0) is 76.4 Å². The first-order valence-corrected chi connectivity index (χ1v) is 12.2. The van der Waals surface area contributed by atoms with Gasteiger partial charge in [-0.2, -0.15) is 0 Å². The molecule has 0 aromatic heterocycles. The number of ether oxygens (including phenoxy) is 1. The minimum absolute atomic E-state index is 0.178. The largest absolute Gasteiger partial charge is 0.497 e. The number of benzene rings is 1. The van der Waals surface area contributed by atoms with Crippen LogP contribution >= 0.6 is 0 Å². The van der Waals surface area contributed by atoms with Gasteiger partial charge in [0.2, 0.25) is 10.0 Å².